The van der Waals surface area contributed by atoms with Crippen molar-refractivity contribution in [3.05, 3.63) is 18.0 Å². The summed E-state index contributed by atoms with van der Waals surface area (Å²) in [6, 6.07) is 2.83. The van der Waals surface area contributed by atoms with E-state index in [9.17, 15) is 13.2 Å². The molecule has 0 amide bonds. The van der Waals surface area contributed by atoms with Crippen LogP contribution in [0.4, 0.5) is 19.0 Å². The Morgan fingerprint density at radius 1 is 1.32 bits per heavy atom. The zero-order chi connectivity index (χ0) is 14.0. The Morgan fingerprint density at radius 2 is 2.05 bits per heavy atom. The third kappa shape index (κ3) is 3.11. The van der Waals surface area contributed by atoms with Gasteiger partial charge in [-0.2, -0.15) is 17.7 Å². The smallest absolute Gasteiger partial charge is 0.274 e. The molecule has 0 fully saturated rings. The van der Waals surface area contributed by atoms with Crippen molar-refractivity contribution >= 4 is 11.5 Å². The van der Waals surface area contributed by atoms with Crippen LogP contribution >= 0.6 is 0 Å². The van der Waals surface area contributed by atoms with Gasteiger partial charge in [-0.15, -0.1) is 15.3 Å². The second kappa shape index (κ2) is 5.00. The maximum Gasteiger partial charge on any atom is 0.453 e. The Balaban J connectivity index is 2.23. The molecule has 2 aromatic heterocycles. The summed E-state index contributed by atoms with van der Waals surface area (Å²) < 4.78 is 38.5. The zero-order valence-electron chi connectivity index (χ0n) is 10.3. The largest absolute Gasteiger partial charge is 0.453 e. The maximum absolute atomic E-state index is 12.6. The first-order chi connectivity index (χ1) is 8.88. The Kier molecular flexibility index (Phi) is 3.56. The molecule has 9 heteroatoms. The number of rotatable bonds is 4. The molecule has 2 rings (SSSR count). The predicted molar refractivity (Wildman–Crippen MR) is 60.2 cm³/mol. The van der Waals surface area contributed by atoms with Crippen molar-refractivity contribution in [3.8, 4) is 0 Å². The standard InChI is InChI=1S/C10H12F3N5O/c1-6(2)5-19-17-7-3-4-8-14-15-9(10(11,12)13)18(8)16-7/h3-4,6H,5H2,1-2H3,(H,16,17). The minimum atomic E-state index is -4.61. The van der Waals surface area contributed by atoms with E-state index in [0.717, 1.165) is 0 Å². The average Bonchev–Trinajstić information content (AvgIpc) is 2.71. The van der Waals surface area contributed by atoms with Gasteiger partial charge in [0.2, 0.25) is 0 Å². The summed E-state index contributed by atoms with van der Waals surface area (Å²) in [6.07, 6.45) is -4.61. The number of hydrogen-bond donors (Lipinski definition) is 1. The van der Waals surface area contributed by atoms with E-state index >= 15 is 0 Å². The Labute approximate surface area is 106 Å². The van der Waals surface area contributed by atoms with Crippen molar-refractivity contribution in [2.75, 3.05) is 12.1 Å². The fraction of sp³-hybridized carbons (Fsp3) is 0.500. The van der Waals surface area contributed by atoms with E-state index in [1.165, 1.54) is 12.1 Å². The fourth-order valence-corrected chi connectivity index (χ4v) is 1.30. The van der Waals surface area contributed by atoms with Crippen LogP contribution in [0.2, 0.25) is 0 Å². The van der Waals surface area contributed by atoms with Crippen LogP contribution in [0.1, 0.15) is 19.7 Å². The Hall–Kier alpha value is -1.90. The average molecular weight is 275 g/mol. The Bertz CT molecular complexity index is 566. The molecule has 0 spiro atoms. The lowest BCUT2D eigenvalue weighted by Crippen LogP contribution is -2.14. The zero-order valence-corrected chi connectivity index (χ0v) is 10.3. The maximum atomic E-state index is 12.6. The molecule has 0 aliphatic heterocycles. The lowest BCUT2D eigenvalue weighted by atomic mass is 10.2. The molecule has 0 unspecified atom stereocenters. The van der Waals surface area contributed by atoms with Gasteiger partial charge >= 0.3 is 6.18 Å². The van der Waals surface area contributed by atoms with Crippen molar-refractivity contribution in [2.45, 2.75) is 20.0 Å². The van der Waals surface area contributed by atoms with Gasteiger partial charge in [0.15, 0.2) is 11.5 Å². The van der Waals surface area contributed by atoms with Crippen LogP contribution in [0.5, 0.6) is 0 Å². The number of nitrogens with zero attached hydrogens (tertiary/aromatic N) is 4. The van der Waals surface area contributed by atoms with Crippen LogP contribution in [0, 0.1) is 5.92 Å². The van der Waals surface area contributed by atoms with Crippen molar-refractivity contribution in [3.63, 3.8) is 0 Å². The van der Waals surface area contributed by atoms with Gasteiger partial charge in [-0.3, -0.25) is 4.84 Å². The van der Waals surface area contributed by atoms with E-state index in [2.05, 4.69) is 20.8 Å². The molecule has 2 heterocycles. The molecule has 19 heavy (non-hydrogen) atoms. The molecule has 0 atom stereocenters. The first-order valence-electron chi connectivity index (χ1n) is 5.55. The summed E-state index contributed by atoms with van der Waals surface area (Å²) >= 11 is 0. The molecule has 0 saturated carbocycles. The minimum absolute atomic E-state index is 0.0155. The molecule has 6 nitrogen and oxygen atoms in total. The van der Waals surface area contributed by atoms with E-state index in [1.54, 1.807) is 0 Å². The second-order valence-corrected chi connectivity index (χ2v) is 4.32. The van der Waals surface area contributed by atoms with Crippen LogP contribution in [0.3, 0.4) is 0 Å². The van der Waals surface area contributed by atoms with Crippen molar-refractivity contribution in [1.82, 2.24) is 19.8 Å². The van der Waals surface area contributed by atoms with Gasteiger partial charge < -0.3 is 0 Å². The number of halogens is 3. The van der Waals surface area contributed by atoms with Crippen LogP contribution in [0.25, 0.3) is 5.65 Å². The molecule has 0 bridgehead atoms. The van der Waals surface area contributed by atoms with Gasteiger partial charge in [-0.05, 0) is 18.1 Å². The number of hydrogen-bond acceptors (Lipinski definition) is 5. The fourth-order valence-electron chi connectivity index (χ4n) is 1.30. The molecule has 0 aliphatic carbocycles. The Morgan fingerprint density at radius 3 is 2.68 bits per heavy atom. The highest BCUT2D eigenvalue weighted by Gasteiger charge is 2.37. The van der Waals surface area contributed by atoms with Crippen LogP contribution in [0.15, 0.2) is 12.1 Å². The van der Waals surface area contributed by atoms with E-state index in [1.807, 2.05) is 13.8 Å². The van der Waals surface area contributed by atoms with Gasteiger partial charge in [0.25, 0.3) is 5.82 Å². The summed E-state index contributed by atoms with van der Waals surface area (Å²) in [6.45, 7) is 4.30. The van der Waals surface area contributed by atoms with E-state index < -0.39 is 12.0 Å². The van der Waals surface area contributed by atoms with Gasteiger partial charge in [0, 0.05) is 0 Å². The minimum Gasteiger partial charge on any atom is -0.274 e. The van der Waals surface area contributed by atoms with Crippen LogP contribution in [-0.2, 0) is 11.0 Å². The highest BCUT2D eigenvalue weighted by atomic mass is 19.4. The van der Waals surface area contributed by atoms with Crippen molar-refractivity contribution in [2.24, 2.45) is 5.92 Å². The normalized spacial score (nSPS) is 12.3. The van der Waals surface area contributed by atoms with E-state index in [-0.39, 0.29) is 17.4 Å². The number of nitrogens with one attached hydrogen (secondary N) is 1. The number of fused-ring (bicyclic) bond motifs is 1. The molecule has 1 N–H and O–H groups in total. The van der Waals surface area contributed by atoms with Crippen molar-refractivity contribution < 1.29 is 18.0 Å². The van der Waals surface area contributed by atoms with Crippen LogP contribution in [-0.4, -0.2) is 26.4 Å². The van der Waals surface area contributed by atoms with Gasteiger partial charge in [0.1, 0.15) is 0 Å². The number of alkyl halides is 3. The van der Waals surface area contributed by atoms with Gasteiger partial charge in [-0.1, -0.05) is 13.8 Å². The van der Waals surface area contributed by atoms with E-state index in [0.29, 0.717) is 11.1 Å². The van der Waals surface area contributed by atoms with Gasteiger partial charge in [-0.25, -0.2) is 5.48 Å². The van der Waals surface area contributed by atoms with Crippen molar-refractivity contribution in [1.29, 1.82) is 0 Å². The third-order valence-electron chi connectivity index (χ3n) is 2.11. The summed E-state index contributed by atoms with van der Waals surface area (Å²) in [5.74, 6) is -0.731. The third-order valence-corrected chi connectivity index (χ3v) is 2.11. The predicted octanol–water partition coefficient (Wildman–Crippen LogP) is 2.14. The first kappa shape index (κ1) is 13.5. The van der Waals surface area contributed by atoms with Gasteiger partial charge in [0.05, 0.1) is 6.61 Å². The molecule has 0 radical (unpaired) electrons. The summed E-state index contributed by atoms with van der Waals surface area (Å²) in [7, 11) is 0. The van der Waals surface area contributed by atoms with Crippen LogP contribution < -0.4 is 5.48 Å². The summed E-state index contributed by atoms with van der Waals surface area (Å²) in [4.78, 5) is 5.08. The van der Waals surface area contributed by atoms with E-state index in [4.69, 9.17) is 4.84 Å². The summed E-state index contributed by atoms with van der Waals surface area (Å²) in [5.41, 5.74) is 2.50. The first-order valence-corrected chi connectivity index (χ1v) is 5.55. The molecule has 0 saturated heterocycles. The SMILES string of the molecule is CC(C)CONc1ccc2nnc(C(F)(F)F)n2n1. The quantitative estimate of drug-likeness (QED) is 0.866. The number of anilines is 1. The topological polar surface area (TPSA) is 64.3 Å². The highest BCUT2D eigenvalue weighted by Crippen LogP contribution is 2.27. The highest BCUT2D eigenvalue weighted by molar-refractivity contribution is 5.43. The lowest BCUT2D eigenvalue weighted by molar-refractivity contribution is -0.146. The second-order valence-electron chi connectivity index (χ2n) is 4.32. The lowest BCUT2D eigenvalue weighted by Gasteiger charge is -2.08. The number of aromatic nitrogens is 4. The monoisotopic (exact) mass is 275 g/mol. The molecular formula is C10H12F3N5O. The molecular weight excluding hydrogens is 263 g/mol. The molecule has 104 valence electrons. The molecule has 0 aromatic carbocycles. The molecule has 2 aromatic rings. The summed E-state index contributed by atoms with van der Waals surface area (Å²) in [5, 5.41) is 10.2. The molecule has 0 aliphatic rings.